The molecule has 16 heavy (non-hydrogen) atoms. The van der Waals surface area contributed by atoms with Gasteiger partial charge in [-0.2, -0.15) is 0 Å². The molecule has 0 bridgehead atoms. The smallest absolute Gasteiger partial charge is 0.211 e. The lowest BCUT2D eigenvalue weighted by molar-refractivity contribution is 0.569. The van der Waals surface area contributed by atoms with E-state index in [1.807, 2.05) is 4.57 Å². The Morgan fingerprint density at radius 3 is 2.81 bits per heavy atom. The van der Waals surface area contributed by atoms with Crippen LogP contribution in [0.3, 0.4) is 0 Å². The minimum Gasteiger partial charge on any atom is -0.336 e. The molecule has 1 aromatic rings. The summed E-state index contributed by atoms with van der Waals surface area (Å²) in [4.78, 5) is 3.88. The van der Waals surface area contributed by atoms with Crippen molar-refractivity contribution < 1.29 is 8.42 Å². The molecule has 6 nitrogen and oxygen atoms in total. The lowest BCUT2D eigenvalue weighted by atomic mass is 10.5. The Morgan fingerprint density at radius 2 is 2.19 bits per heavy atom. The molecule has 0 aromatic carbocycles. The third kappa shape index (κ3) is 5.24. The fourth-order valence-corrected chi connectivity index (χ4v) is 2.33. The van der Waals surface area contributed by atoms with Gasteiger partial charge in [0.05, 0.1) is 12.1 Å². The van der Waals surface area contributed by atoms with Crippen LogP contribution in [0.4, 0.5) is 0 Å². The highest BCUT2D eigenvalue weighted by Crippen LogP contribution is 1.90. The molecule has 0 aliphatic heterocycles. The summed E-state index contributed by atoms with van der Waals surface area (Å²) in [5, 5.41) is 2.91. The Bertz CT molecular complexity index is 374. The molecule has 0 fully saturated rings. The number of nitrogens with zero attached hydrogens (tertiary/aromatic N) is 2. The van der Waals surface area contributed by atoms with Gasteiger partial charge in [-0.1, -0.05) is 0 Å². The second-order valence-corrected chi connectivity index (χ2v) is 5.40. The van der Waals surface area contributed by atoms with Crippen LogP contribution in [0, 0.1) is 0 Å². The van der Waals surface area contributed by atoms with Crippen molar-refractivity contribution in [2.75, 3.05) is 25.9 Å². The van der Waals surface area contributed by atoms with Crippen molar-refractivity contribution >= 4 is 10.0 Å². The average Bonchev–Trinajstić information content (AvgIpc) is 2.70. The van der Waals surface area contributed by atoms with E-state index in [4.69, 9.17) is 0 Å². The van der Waals surface area contributed by atoms with Crippen molar-refractivity contribution in [2.24, 2.45) is 0 Å². The average molecular weight is 246 g/mol. The van der Waals surface area contributed by atoms with Crippen LogP contribution < -0.4 is 10.0 Å². The Morgan fingerprint density at radius 1 is 1.38 bits per heavy atom. The van der Waals surface area contributed by atoms with Gasteiger partial charge in [-0.3, -0.25) is 0 Å². The Kier molecular flexibility index (Phi) is 5.44. The molecule has 0 saturated carbocycles. The van der Waals surface area contributed by atoms with Gasteiger partial charge in [0, 0.05) is 25.5 Å². The van der Waals surface area contributed by atoms with Crippen molar-refractivity contribution in [1.82, 2.24) is 19.6 Å². The number of aromatic nitrogens is 2. The van der Waals surface area contributed by atoms with Crippen molar-refractivity contribution in [2.45, 2.75) is 13.0 Å². The van der Waals surface area contributed by atoms with Crippen molar-refractivity contribution in [1.29, 1.82) is 0 Å². The van der Waals surface area contributed by atoms with Gasteiger partial charge < -0.3 is 9.88 Å². The highest BCUT2D eigenvalue weighted by molar-refractivity contribution is 7.89. The summed E-state index contributed by atoms with van der Waals surface area (Å²) in [7, 11) is -1.33. The van der Waals surface area contributed by atoms with Gasteiger partial charge in [-0.05, 0) is 20.0 Å². The van der Waals surface area contributed by atoms with Gasteiger partial charge in [0.1, 0.15) is 0 Å². The molecule has 0 amide bonds. The molecule has 1 heterocycles. The minimum absolute atomic E-state index is 0.164. The van der Waals surface area contributed by atoms with Crippen molar-refractivity contribution in [3.05, 3.63) is 18.7 Å². The van der Waals surface area contributed by atoms with E-state index in [2.05, 4.69) is 15.0 Å². The highest BCUT2D eigenvalue weighted by Gasteiger charge is 2.08. The minimum atomic E-state index is -3.13. The molecular formula is C9H18N4O2S. The van der Waals surface area contributed by atoms with Crippen LogP contribution >= 0.6 is 0 Å². The van der Waals surface area contributed by atoms with E-state index in [9.17, 15) is 8.42 Å². The number of nitrogens with one attached hydrogen (secondary N) is 2. The molecule has 1 rings (SSSR count). The molecular weight excluding hydrogens is 228 g/mol. The van der Waals surface area contributed by atoms with Crippen LogP contribution in [-0.4, -0.2) is 43.9 Å². The molecule has 0 radical (unpaired) electrons. The maximum atomic E-state index is 11.5. The van der Waals surface area contributed by atoms with E-state index < -0.39 is 10.0 Å². The Hall–Kier alpha value is -0.920. The second-order valence-electron chi connectivity index (χ2n) is 3.47. The summed E-state index contributed by atoms with van der Waals surface area (Å²) in [5.41, 5.74) is 0. The van der Waals surface area contributed by atoms with Gasteiger partial charge >= 0.3 is 0 Å². The Labute approximate surface area is 96.1 Å². The number of sulfonamides is 1. The first-order valence-electron chi connectivity index (χ1n) is 5.22. The van der Waals surface area contributed by atoms with Gasteiger partial charge in [-0.15, -0.1) is 0 Å². The monoisotopic (exact) mass is 246 g/mol. The van der Waals surface area contributed by atoms with Gasteiger partial charge in [0.25, 0.3) is 0 Å². The number of hydrogen-bond acceptors (Lipinski definition) is 4. The molecule has 7 heteroatoms. The normalized spacial score (nSPS) is 11.8. The van der Waals surface area contributed by atoms with Crippen LogP contribution in [-0.2, 0) is 16.6 Å². The highest BCUT2D eigenvalue weighted by atomic mass is 32.2. The first-order valence-corrected chi connectivity index (χ1v) is 6.87. The molecule has 1 aromatic heterocycles. The van der Waals surface area contributed by atoms with E-state index in [-0.39, 0.29) is 5.75 Å². The summed E-state index contributed by atoms with van der Waals surface area (Å²) in [6, 6.07) is 0. The predicted octanol–water partition coefficient (Wildman–Crippen LogP) is -0.588. The summed E-state index contributed by atoms with van der Waals surface area (Å²) in [6.07, 6.45) is 5.75. The van der Waals surface area contributed by atoms with Crippen LogP contribution in [0.15, 0.2) is 18.7 Å². The lowest BCUT2D eigenvalue weighted by Gasteiger charge is -2.06. The van der Waals surface area contributed by atoms with Gasteiger partial charge in [0.15, 0.2) is 0 Å². The molecule has 2 N–H and O–H groups in total. The number of hydrogen-bond donors (Lipinski definition) is 2. The third-order valence-corrected chi connectivity index (χ3v) is 3.56. The zero-order chi connectivity index (χ0) is 11.9. The summed E-state index contributed by atoms with van der Waals surface area (Å²) in [5.74, 6) is 0.164. The molecule has 92 valence electrons. The van der Waals surface area contributed by atoms with Gasteiger partial charge in [0.2, 0.25) is 10.0 Å². The SMILES string of the molecule is CNCCCS(=O)(=O)NCCn1ccnc1. The molecule has 0 spiro atoms. The standard InChI is InChI=1S/C9H18N4O2S/c1-10-3-2-8-16(14,15)12-5-7-13-6-4-11-9-13/h4,6,9-10,12H,2-3,5,7-8H2,1H3. The molecule has 0 aliphatic rings. The maximum Gasteiger partial charge on any atom is 0.211 e. The van der Waals surface area contributed by atoms with Crippen molar-refractivity contribution in [3.63, 3.8) is 0 Å². The maximum absolute atomic E-state index is 11.5. The zero-order valence-electron chi connectivity index (χ0n) is 9.39. The first kappa shape index (κ1) is 13.1. The third-order valence-electron chi connectivity index (χ3n) is 2.09. The summed E-state index contributed by atoms with van der Waals surface area (Å²) < 4.78 is 27.3. The Balaban J connectivity index is 2.20. The summed E-state index contributed by atoms with van der Waals surface area (Å²) in [6.45, 7) is 1.71. The van der Waals surface area contributed by atoms with E-state index in [0.717, 1.165) is 0 Å². The lowest BCUT2D eigenvalue weighted by Crippen LogP contribution is -2.30. The number of imidazole rings is 1. The second kappa shape index (κ2) is 6.62. The van der Waals surface area contributed by atoms with Crippen LogP contribution in [0.1, 0.15) is 6.42 Å². The van der Waals surface area contributed by atoms with E-state index in [0.29, 0.717) is 26.1 Å². The number of rotatable bonds is 8. The van der Waals surface area contributed by atoms with Crippen LogP contribution in [0.5, 0.6) is 0 Å². The van der Waals surface area contributed by atoms with E-state index >= 15 is 0 Å². The summed E-state index contributed by atoms with van der Waals surface area (Å²) >= 11 is 0. The topological polar surface area (TPSA) is 76.0 Å². The predicted molar refractivity (Wildman–Crippen MR) is 62.6 cm³/mol. The van der Waals surface area contributed by atoms with E-state index in [1.54, 1.807) is 25.8 Å². The molecule has 0 saturated heterocycles. The quantitative estimate of drug-likeness (QED) is 0.601. The molecule has 0 atom stereocenters. The molecule has 0 aliphatic carbocycles. The van der Waals surface area contributed by atoms with E-state index in [1.165, 1.54) is 0 Å². The van der Waals surface area contributed by atoms with Crippen LogP contribution in [0.2, 0.25) is 0 Å². The molecule has 0 unspecified atom stereocenters. The largest absolute Gasteiger partial charge is 0.336 e. The van der Waals surface area contributed by atoms with Gasteiger partial charge in [-0.25, -0.2) is 18.1 Å². The fraction of sp³-hybridized carbons (Fsp3) is 0.667. The zero-order valence-corrected chi connectivity index (χ0v) is 10.2. The first-order chi connectivity index (χ1) is 7.64. The fourth-order valence-electron chi connectivity index (χ4n) is 1.26. The van der Waals surface area contributed by atoms with Crippen LogP contribution in [0.25, 0.3) is 0 Å². The van der Waals surface area contributed by atoms with Crippen molar-refractivity contribution in [3.8, 4) is 0 Å².